The van der Waals surface area contributed by atoms with Crippen molar-refractivity contribution in [1.82, 2.24) is 0 Å². The molecular weight excluding hydrogens is 96.1 g/mol. The average molecular weight is 109 g/mol. The first-order chi connectivity index (χ1) is 3.91. The molecule has 0 nitrogen and oxygen atoms in total. The van der Waals surface area contributed by atoms with E-state index in [9.17, 15) is 0 Å². The second-order valence-corrected chi connectivity index (χ2v) is 1.87. The SMILES string of the molecule is [CH+]=C=CCCCCC. The molecule has 0 radical (unpaired) electrons. The van der Waals surface area contributed by atoms with Crippen LogP contribution in [0.3, 0.4) is 0 Å². The lowest BCUT2D eigenvalue weighted by Gasteiger charge is -1.84. The predicted octanol–water partition coefficient (Wildman–Crippen LogP) is 2.71. The highest BCUT2D eigenvalue weighted by Gasteiger charge is 1.82. The highest BCUT2D eigenvalue weighted by Crippen LogP contribution is 1.97. The third kappa shape index (κ3) is 5.43. The van der Waals surface area contributed by atoms with Gasteiger partial charge in [0.25, 0.3) is 0 Å². The van der Waals surface area contributed by atoms with Crippen molar-refractivity contribution in [2.45, 2.75) is 32.6 Å². The summed E-state index contributed by atoms with van der Waals surface area (Å²) in [6.45, 7) is 7.20. The second-order valence-electron chi connectivity index (χ2n) is 1.87. The van der Waals surface area contributed by atoms with Gasteiger partial charge in [0.15, 0.2) is 0 Å². The maximum atomic E-state index is 5.01. The van der Waals surface area contributed by atoms with Gasteiger partial charge >= 0.3 is 0 Å². The summed E-state index contributed by atoms with van der Waals surface area (Å²) in [5.74, 6) is 0. The highest BCUT2D eigenvalue weighted by molar-refractivity contribution is 4.72. The van der Waals surface area contributed by atoms with Crippen molar-refractivity contribution in [3.8, 4) is 0 Å². The van der Waals surface area contributed by atoms with Crippen LogP contribution in [0.15, 0.2) is 11.8 Å². The van der Waals surface area contributed by atoms with Crippen LogP contribution in [0.2, 0.25) is 0 Å². The summed E-state index contributed by atoms with van der Waals surface area (Å²) < 4.78 is 0. The Kier molecular flexibility index (Phi) is 5.97. The Bertz CT molecular complexity index is 76.0. The number of hydrogen-bond acceptors (Lipinski definition) is 0. The molecule has 8 heavy (non-hydrogen) atoms. The van der Waals surface area contributed by atoms with Gasteiger partial charge in [-0.05, 0) is 6.42 Å². The van der Waals surface area contributed by atoms with Gasteiger partial charge in [-0.2, -0.15) is 0 Å². The molecule has 0 aliphatic rings. The van der Waals surface area contributed by atoms with E-state index in [0.29, 0.717) is 0 Å². The highest BCUT2D eigenvalue weighted by atomic mass is 13.8. The smallest absolute Gasteiger partial charge is 0.0654 e. The average Bonchev–Trinajstić information content (AvgIpc) is 1.81. The minimum Gasteiger partial charge on any atom is -0.0654 e. The van der Waals surface area contributed by atoms with Gasteiger partial charge in [0.1, 0.15) is 12.3 Å². The van der Waals surface area contributed by atoms with E-state index in [1.54, 1.807) is 0 Å². The molecule has 0 amide bonds. The molecule has 0 saturated carbocycles. The van der Waals surface area contributed by atoms with Crippen LogP contribution in [0, 0.1) is 6.58 Å². The Morgan fingerprint density at radius 3 is 2.75 bits per heavy atom. The Labute approximate surface area is 51.9 Å². The van der Waals surface area contributed by atoms with Crippen LogP contribution in [-0.4, -0.2) is 0 Å². The lowest BCUT2D eigenvalue weighted by molar-refractivity contribution is 0.729. The molecule has 0 heterocycles. The Balaban J connectivity index is 2.82. The molecule has 0 N–H and O–H groups in total. The van der Waals surface area contributed by atoms with Crippen LogP contribution < -0.4 is 0 Å². The molecule has 0 fully saturated rings. The first-order valence-corrected chi connectivity index (χ1v) is 3.19. The molecule has 0 aromatic rings. The summed E-state index contributed by atoms with van der Waals surface area (Å²) >= 11 is 0. The Morgan fingerprint density at radius 1 is 1.50 bits per heavy atom. The molecule has 0 aliphatic carbocycles. The molecule has 44 valence electrons. The van der Waals surface area contributed by atoms with Gasteiger partial charge in [0.2, 0.25) is 0 Å². The molecular formula is C8H13+. The zero-order valence-corrected chi connectivity index (χ0v) is 5.48. The van der Waals surface area contributed by atoms with Crippen LogP contribution in [0.1, 0.15) is 32.6 Å². The third-order valence-corrected chi connectivity index (χ3v) is 1.07. The standard InChI is InChI=1S/C8H13/c1-3-5-7-8-6-4-2/h1,5H,4,6-8H2,2H3/q+1. The summed E-state index contributed by atoms with van der Waals surface area (Å²) in [4.78, 5) is 0. The van der Waals surface area contributed by atoms with Gasteiger partial charge in [-0.25, -0.2) is 0 Å². The zero-order chi connectivity index (χ0) is 6.24. The number of allylic oxidation sites excluding steroid dienone is 1. The molecule has 0 aromatic heterocycles. The van der Waals surface area contributed by atoms with Crippen molar-refractivity contribution in [2.24, 2.45) is 0 Å². The number of unbranched alkanes of at least 4 members (excludes halogenated alkanes) is 3. The monoisotopic (exact) mass is 109 g/mol. The maximum absolute atomic E-state index is 5.01. The second kappa shape index (κ2) is 6.43. The van der Waals surface area contributed by atoms with E-state index in [0.717, 1.165) is 6.42 Å². The maximum Gasteiger partial charge on any atom is 0.135 e. The quantitative estimate of drug-likeness (QED) is 0.296. The van der Waals surface area contributed by atoms with E-state index >= 15 is 0 Å². The zero-order valence-electron chi connectivity index (χ0n) is 5.48. The van der Waals surface area contributed by atoms with Crippen LogP contribution in [0.25, 0.3) is 0 Å². The topological polar surface area (TPSA) is 0 Å². The van der Waals surface area contributed by atoms with Gasteiger partial charge in [-0.15, -0.1) is 0 Å². The van der Waals surface area contributed by atoms with Crippen molar-refractivity contribution in [1.29, 1.82) is 0 Å². The van der Waals surface area contributed by atoms with Crippen LogP contribution in [0.5, 0.6) is 0 Å². The van der Waals surface area contributed by atoms with Crippen molar-refractivity contribution in [2.75, 3.05) is 0 Å². The van der Waals surface area contributed by atoms with Crippen molar-refractivity contribution in [3.05, 3.63) is 18.4 Å². The molecule has 0 heteroatoms. The van der Waals surface area contributed by atoms with E-state index in [4.69, 9.17) is 6.58 Å². The molecule has 0 aromatic carbocycles. The van der Waals surface area contributed by atoms with Gasteiger partial charge in [0, 0.05) is 6.42 Å². The normalized spacial score (nSPS) is 8.00. The van der Waals surface area contributed by atoms with E-state index in [2.05, 4.69) is 12.7 Å². The van der Waals surface area contributed by atoms with E-state index < -0.39 is 0 Å². The third-order valence-electron chi connectivity index (χ3n) is 1.07. The minimum absolute atomic E-state index is 1.09. The summed E-state index contributed by atoms with van der Waals surface area (Å²) in [6.07, 6.45) is 6.80. The molecule has 0 saturated heterocycles. The summed E-state index contributed by atoms with van der Waals surface area (Å²) in [6, 6.07) is 0. The first kappa shape index (κ1) is 7.43. The summed E-state index contributed by atoms with van der Waals surface area (Å²) in [7, 11) is 0. The molecule has 0 rings (SSSR count). The Morgan fingerprint density at radius 2 is 2.25 bits per heavy atom. The number of rotatable bonds is 4. The van der Waals surface area contributed by atoms with E-state index in [1.165, 1.54) is 19.3 Å². The van der Waals surface area contributed by atoms with Crippen molar-refractivity contribution < 1.29 is 0 Å². The van der Waals surface area contributed by atoms with Gasteiger partial charge in [-0.1, -0.05) is 19.8 Å². The summed E-state index contributed by atoms with van der Waals surface area (Å²) in [5, 5.41) is 0. The molecule has 0 atom stereocenters. The lowest BCUT2D eigenvalue weighted by Crippen LogP contribution is -1.68. The lowest BCUT2D eigenvalue weighted by atomic mass is 10.2. The molecule has 0 unspecified atom stereocenters. The van der Waals surface area contributed by atoms with Crippen molar-refractivity contribution >= 4 is 0 Å². The fraction of sp³-hybridized carbons (Fsp3) is 0.625. The summed E-state index contributed by atoms with van der Waals surface area (Å²) in [5.41, 5.74) is 2.50. The van der Waals surface area contributed by atoms with E-state index in [1.807, 2.05) is 6.08 Å². The van der Waals surface area contributed by atoms with Crippen LogP contribution in [0.4, 0.5) is 0 Å². The molecule has 0 spiro atoms. The predicted molar refractivity (Wildman–Crippen MR) is 36.5 cm³/mol. The van der Waals surface area contributed by atoms with Crippen molar-refractivity contribution in [3.63, 3.8) is 0 Å². The van der Waals surface area contributed by atoms with Crippen LogP contribution in [-0.2, 0) is 0 Å². The number of hydrogen-bond donors (Lipinski definition) is 0. The fourth-order valence-electron chi connectivity index (χ4n) is 0.580. The molecule has 0 aliphatic heterocycles. The Hall–Kier alpha value is -0.570. The van der Waals surface area contributed by atoms with E-state index in [-0.39, 0.29) is 0 Å². The van der Waals surface area contributed by atoms with Crippen LogP contribution >= 0.6 is 0 Å². The van der Waals surface area contributed by atoms with Gasteiger partial charge in [0.05, 0.1) is 6.08 Å². The van der Waals surface area contributed by atoms with Gasteiger partial charge in [-0.3, -0.25) is 0 Å². The van der Waals surface area contributed by atoms with Gasteiger partial charge < -0.3 is 0 Å². The fourth-order valence-corrected chi connectivity index (χ4v) is 0.580. The first-order valence-electron chi connectivity index (χ1n) is 3.19. The molecule has 0 bridgehead atoms. The minimum atomic E-state index is 1.09. The largest absolute Gasteiger partial charge is 0.135 e.